The molecular formula is C16H19FN4O3. The van der Waals surface area contributed by atoms with Gasteiger partial charge in [-0.15, -0.1) is 0 Å². The predicted octanol–water partition coefficient (Wildman–Crippen LogP) is 1.60. The van der Waals surface area contributed by atoms with Crippen LogP contribution in [0.25, 0.3) is 0 Å². The van der Waals surface area contributed by atoms with Crippen molar-refractivity contribution in [3.63, 3.8) is 0 Å². The van der Waals surface area contributed by atoms with Gasteiger partial charge in [-0.05, 0) is 37.5 Å². The number of aromatic amines is 1. The van der Waals surface area contributed by atoms with E-state index in [1.54, 1.807) is 12.1 Å². The molecule has 1 aromatic carbocycles. The molecule has 0 amide bonds. The van der Waals surface area contributed by atoms with Gasteiger partial charge in [-0.25, -0.2) is 18.5 Å². The Bertz CT molecular complexity index is 778. The number of nitrogens with zero attached hydrogens (tertiary/aromatic N) is 2. The second-order valence-corrected chi connectivity index (χ2v) is 5.80. The average Bonchev–Trinajstić information content (AvgIpc) is 2.55. The number of hydrogen-bond acceptors (Lipinski definition) is 5. The first-order valence-corrected chi connectivity index (χ1v) is 7.87. The maximum Gasteiger partial charge on any atom is 0.355 e. The fourth-order valence-electron chi connectivity index (χ4n) is 2.80. The van der Waals surface area contributed by atoms with Crippen molar-refractivity contribution in [2.75, 3.05) is 18.5 Å². The van der Waals surface area contributed by atoms with Crippen LogP contribution in [0.15, 0.2) is 33.9 Å². The highest BCUT2D eigenvalue weighted by atomic mass is 19.1. The normalized spacial score (nSPS) is 16.8. The number of aromatic nitrogens is 3. The van der Waals surface area contributed by atoms with Crippen LogP contribution in [0, 0.1) is 5.82 Å². The van der Waals surface area contributed by atoms with E-state index in [0.717, 1.165) is 10.1 Å². The molecule has 0 aliphatic carbocycles. The molecule has 1 unspecified atom stereocenters. The van der Waals surface area contributed by atoms with Gasteiger partial charge in [0.2, 0.25) is 5.95 Å². The highest BCUT2D eigenvalue weighted by Gasteiger charge is 2.20. The third-order valence-corrected chi connectivity index (χ3v) is 4.14. The molecule has 2 heterocycles. The summed E-state index contributed by atoms with van der Waals surface area (Å²) in [6, 6.07) is 5.54. The van der Waals surface area contributed by atoms with Gasteiger partial charge in [-0.2, -0.15) is 4.98 Å². The summed E-state index contributed by atoms with van der Waals surface area (Å²) in [6.45, 7) is 2.88. The summed E-state index contributed by atoms with van der Waals surface area (Å²) >= 11 is 0. The number of ether oxygens (including phenoxy) is 1. The predicted molar refractivity (Wildman–Crippen MR) is 86.6 cm³/mol. The molecular weight excluding hydrogens is 315 g/mol. The molecule has 1 aliphatic rings. The minimum Gasteiger partial charge on any atom is -0.381 e. The van der Waals surface area contributed by atoms with E-state index >= 15 is 0 Å². The lowest BCUT2D eigenvalue weighted by Crippen LogP contribution is -2.42. The zero-order valence-corrected chi connectivity index (χ0v) is 13.3. The Kier molecular flexibility index (Phi) is 4.75. The molecule has 7 nitrogen and oxygen atoms in total. The minimum atomic E-state index is -0.584. The van der Waals surface area contributed by atoms with Crippen LogP contribution < -0.4 is 16.7 Å². The Balaban J connectivity index is 1.81. The van der Waals surface area contributed by atoms with Crippen molar-refractivity contribution in [1.29, 1.82) is 0 Å². The molecule has 0 radical (unpaired) electrons. The Hall–Kier alpha value is -2.48. The highest BCUT2D eigenvalue weighted by Crippen LogP contribution is 2.18. The molecule has 0 spiro atoms. The summed E-state index contributed by atoms with van der Waals surface area (Å²) < 4.78 is 19.4. The van der Waals surface area contributed by atoms with Crippen LogP contribution in [0.2, 0.25) is 0 Å². The van der Waals surface area contributed by atoms with Gasteiger partial charge in [0.15, 0.2) is 0 Å². The average molecular weight is 334 g/mol. The lowest BCUT2D eigenvalue weighted by Gasteiger charge is -2.23. The summed E-state index contributed by atoms with van der Waals surface area (Å²) in [6.07, 6.45) is 1.23. The Labute approximate surface area is 137 Å². The molecule has 0 bridgehead atoms. The number of H-pyrrole nitrogens is 1. The Morgan fingerprint density at radius 2 is 1.96 bits per heavy atom. The van der Waals surface area contributed by atoms with E-state index in [1.807, 2.05) is 6.92 Å². The van der Waals surface area contributed by atoms with Crippen LogP contribution in [0.3, 0.4) is 0 Å². The van der Waals surface area contributed by atoms with Crippen LogP contribution in [0.1, 0.15) is 37.4 Å². The SMILES string of the molecule is CC(Nc1nc(=O)n(C2CCOCC2)c(=O)[nH]1)c1ccc(F)cc1. The molecule has 2 aromatic rings. The van der Waals surface area contributed by atoms with E-state index in [9.17, 15) is 14.0 Å². The van der Waals surface area contributed by atoms with Gasteiger partial charge in [-0.3, -0.25) is 4.98 Å². The van der Waals surface area contributed by atoms with E-state index < -0.39 is 11.4 Å². The van der Waals surface area contributed by atoms with Crippen molar-refractivity contribution in [3.05, 3.63) is 56.6 Å². The highest BCUT2D eigenvalue weighted by molar-refractivity contribution is 5.30. The number of anilines is 1. The molecule has 0 saturated carbocycles. The lowest BCUT2D eigenvalue weighted by atomic mass is 10.1. The molecule has 2 N–H and O–H groups in total. The summed E-state index contributed by atoms with van der Waals surface area (Å²) in [4.78, 5) is 31.0. The summed E-state index contributed by atoms with van der Waals surface area (Å²) in [7, 11) is 0. The Morgan fingerprint density at radius 3 is 2.58 bits per heavy atom. The number of rotatable bonds is 4. The van der Waals surface area contributed by atoms with E-state index in [2.05, 4.69) is 15.3 Å². The van der Waals surface area contributed by atoms with Crippen LogP contribution in [-0.2, 0) is 4.74 Å². The number of benzene rings is 1. The van der Waals surface area contributed by atoms with Crippen molar-refractivity contribution in [3.8, 4) is 0 Å². The lowest BCUT2D eigenvalue weighted by molar-refractivity contribution is 0.0670. The van der Waals surface area contributed by atoms with E-state index in [-0.39, 0.29) is 23.8 Å². The van der Waals surface area contributed by atoms with E-state index in [1.165, 1.54) is 12.1 Å². The van der Waals surface area contributed by atoms with E-state index in [0.29, 0.717) is 26.1 Å². The maximum atomic E-state index is 13.0. The molecule has 1 aromatic heterocycles. The van der Waals surface area contributed by atoms with Crippen LogP contribution in [0.4, 0.5) is 10.3 Å². The third-order valence-electron chi connectivity index (χ3n) is 4.14. The molecule has 1 fully saturated rings. The van der Waals surface area contributed by atoms with Gasteiger partial charge in [0.25, 0.3) is 0 Å². The smallest absolute Gasteiger partial charge is 0.355 e. The number of nitrogens with one attached hydrogen (secondary N) is 2. The molecule has 1 atom stereocenters. The van der Waals surface area contributed by atoms with Crippen molar-refractivity contribution < 1.29 is 9.13 Å². The molecule has 128 valence electrons. The monoisotopic (exact) mass is 334 g/mol. The minimum absolute atomic E-state index is 0.102. The first-order chi connectivity index (χ1) is 11.5. The Morgan fingerprint density at radius 1 is 1.29 bits per heavy atom. The van der Waals surface area contributed by atoms with Gasteiger partial charge in [0, 0.05) is 19.3 Å². The van der Waals surface area contributed by atoms with Crippen LogP contribution >= 0.6 is 0 Å². The van der Waals surface area contributed by atoms with E-state index in [4.69, 9.17) is 4.74 Å². The van der Waals surface area contributed by atoms with Gasteiger partial charge in [-0.1, -0.05) is 12.1 Å². The van der Waals surface area contributed by atoms with Gasteiger partial charge in [0.05, 0.1) is 6.04 Å². The molecule has 1 saturated heterocycles. The molecule has 1 aliphatic heterocycles. The maximum absolute atomic E-state index is 13.0. The van der Waals surface area contributed by atoms with Crippen molar-refractivity contribution in [2.24, 2.45) is 0 Å². The third kappa shape index (κ3) is 3.53. The standard InChI is InChI=1S/C16H19FN4O3/c1-10(11-2-4-12(17)5-3-11)18-14-19-15(22)21(16(23)20-14)13-6-8-24-9-7-13/h2-5,10,13H,6-9H2,1H3,(H2,18,19,20,22,23). The first-order valence-electron chi connectivity index (χ1n) is 7.87. The van der Waals surface area contributed by atoms with Crippen molar-refractivity contribution in [1.82, 2.24) is 14.5 Å². The van der Waals surface area contributed by atoms with Crippen LogP contribution in [-0.4, -0.2) is 27.7 Å². The quantitative estimate of drug-likeness (QED) is 0.886. The zero-order valence-electron chi connectivity index (χ0n) is 13.3. The second kappa shape index (κ2) is 6.96. The fourth-order valence-corrected chi connectivity index (χ4v) is 2.80. The first kappa shape index (κ1) is 16.4. The van der Waals surface area contributed by atoms with Gasteiger partial charge < -0.3 is 10.1 Å². The van der Waals surface area contributed by atoms with Crippen LogP contribution in [0.5, 0.6) is 0 Å². The summed E-state index contributed by atoms with van der Waals surface area (Å²) in [5.41, 5.74) is -0.261. The fraction of sp³-hybridized carbons (Fsp3) is 0.438. The molecule has 3 rings (SSSR count). The van der Waals surface area contributed by atoms with Crippen molar-refractivity contribution in [2.45, 2.75) is 31.8 Å². The molecule has 24 heavy (non-hydrogen) atoms. The zero-order chi connectivity index (χ0) is 17.1. The summed E-state index contributed by atoms with van der Waals surface area (Å²) in [5, 5.41) is 2.96. The van der Waals surface area contributed by atoms with Gasteiger partial charge >= 0.3 is 11.4 Å². The van der Waals surface area contributed by atoms with Crippen molar-refractivity contribution >= 4 is 5.95 Å². The summed E-state index contributed by atoms with van der Waals surface area (Å²) in [5.74, 6) is -0.221. The largest absolute Gasteiger partial charge is 0.381 e. The van der Waals surface area contributed by atoms with Gasteiger partial charge in [0.1, 0.15) is 5.82 Å². The number of halogens is 1. The molecule has 8 heteroatoms. The second-order valence-electron chi connectivity index (χ2n) is 5.80. The number of hydrogen-bond donors (Lipinski definition) is 2. The topological polar surface area (TPSA) is 89.0 Å².